The first-order valence-corrected chi connectivity index (χ1v) is 8.30. The van der Waals surface area contributed by atoms with Gasteiger partial charge in [0.25, 0.3) is 5.91 Å². The third kappa shape index (κ3) is 2.79. The summed E-state index contributed by atoms with van der Waals surface area (Å²) in [6, 6.07) is 4.57. The average molecular weight is 345 g/mol. The van der Waals surface area contributed by atoms with Gasteiger partial charge in [0.1, 0.15) is 11.5 Å². The SMILES string of the molecule is CCCN1CC2=C(C1=O)C(c1cc(OC)ccc1OC)NC(=O)N2C. The maximum absolute atomic E-state index is 12.9. The van der Waals surface area contributed by atoms with Gasteiger partial charge in [0.2, 0.25) is 0 Å². The minimum atomic E-state index is -0.557. The highest BCUT2D eigenvalue weighted by molar-refractivity contribution is 6.01. The Labute approximate surface area is 147 Å². The number of methoxy groups -OCH3 is 2. The van der Waals surface area contributed by atoms with Crippen LogP contribution in [0.25, 0.3) is 0 Å². The maximum Gasteiger partial charge on any atom is 0.322 e. The van der Waals surface area contributed by atoms with Crippen molar-refractivity contribution in [3.05, 3.63) is 35.0 Å². The van der Waals surface area contributed by atoms with Crippen molar-refractivity contribution in [1.29, 1.82) is 0 Å². The first-order chi connectivity index (χ1) is 12.0. The second kappa shape index (κ2) is 6.66. The Kier molecular flexibility index (Phi) is 4.57. The number of ether oxygens (including phenoxy) is 2. The van der Waals surface area contributed by atoms with E-state index in [4.69, 9.17) is 9.47 Å². The smallest absolute Gasteiger partial charge is 0.322 e. The van der Waals surface area contributed by atoms with Crippen molar-refractivity contribution in [3.63, 3.8) is 0 Å². The van der Waals surface area contributed by atoms with Crippen LogP contribution in [0.1, 0.15) is 24.9 Å². The Morgan fingerprint density at radius 2 is 2.00 bits per heavy atom. The molecule has 7 nitrogen and oxygen atoms in total. The molecule has 3 amide bonds. The van der Waals surface area contributed by atoms with Crippen LogP contribution < -0.4 is 14.8 Å². The van der Waals surface area contributed by atoms with Gasteiger partial charge in [-0.15, -0.1) is 0 Å². The molecule has 0 aromatic heterocycles. The average Bonchev–Trinajstić information content (AvgIpc) is 2.95. The van der Waals surface area contributed by atoms with Gasteiger partial charge in [-0.1, -0.05) is 6.92 Å². The number of benzene rings is 1. The van der Waals surface area contributed by atoms with Crippen LogP contribution in [0.4, 0.5) is 4.79 Å². The van der Waals surface area contributed by atoms with Crippen LogP contribution in [-0.2, 0) is 4.79 Å². The zero-order chi connectivity index (χ0) is 18.1. The van der Waals surface area contributed by atoms with Crippen molar-refractivity contribution in [2.24, 2.45) is 0 Å². The molecule has 2 aliphatic heterocycles. The first-order valence-electron chi connectivity index (χ1n) is 8.30. The number of carbonyl (C=O) groups excluding carboxylic acids is 2. The van der Waals surface area contributed by atoms with Gasteiger partial charge < -0.3 is 19.7 Å². The normalized spacial score (nSPS) is 19.9. The zero-order valence-electron chi connectivity index (χ0n) is 15.0. The summed E-state index contributed by atoms with van der Waals surface area (Å²) in [6.45, 7) is 3.14. The number of amides is 3. The van der Waals surface area contributed by atoms with Gasteiger partial charge in [0.05, 0.1) is 38.1 Å². The fraction of sp³-hybridized carbons (Fsp3) is 0.444. The molecule has 1 aromatic rings. The van der Waals surface area contributed by atoms with E-state index in [-0.39, 0.29) is 11.9 Å². The lowest BCUT2D eigenvalue weighted by Crippen LogP contribution is -2.45. The molecular formula is C18H23N3O4. The molecule has 1 N–H and O–H groups in total. The van der Waals surface area contributed by atoms with Crippen LogP contribution in [0.3, 0.4) is 0 Å². The van der Waals surface area contributed by atoms with E-state index in [9.17, 15) is 9.59 Å². The lowest BCUT2D eigenvalue weighted by molar-refractivity contribution is -0.125. The van der Waals surface area contributed by atoms with Crippen molar-refractivity contribution in [3.8, 4) is 11.5 Å². The molecule has 134 valence electrons. The second-order valence-electron chi connectivity index (χ2n) is 6.14. The number of carbonyl (C=O) groups is 2. The molecule has 0 fully saturated rings. The molecule has 0 saturated carbocycles. The molecule has 0 radical (unpaired) electrons. The highest BCUT2D eigenvalue weighted by atomic mass is 16.5. The van der Waals surface area contributed by atoms with Crippen LogP contribution in [0.15, 0.2) is 29.5 Å². The van der Waals surface area contributed by atoms with E-state index in [1.54, 1.807) is 44.4 Å². The number of urea groups is 1. The topological polar surface area (TPSA) is 71.1 Å². The van der Waals surface area contributed by atoms with E-state index in [1.165, 1.54) is 4.90 Å². The fourth-order valence-corrected chi connectivity index (χ4v) is 3.37. The minimum absolute atomic E-state index is 0.0430. The van der Waals surface area contributed by atoms with Crippen molar-refractivity contribution >= 4 is 11.9 Å². The number of likely N-dealkylation sites (N-methyl/N-ethyl adjacent to an activating group) is 1. The summed E-state index contributed by atoms with van der Waals surface area (Å²) in [4.78, 5) is 28.7. The van der Waals surface area contributed by atoms with E-state index >= 15 is 0 Å². The van der Waals surface area contributed by atoms with E-state index < -0.39 is 6.04 Å². The van der Waals surface area contributed by atoms with Crippen molar-refractivity contribution < 1.29 is 19.1 Å². The van der Waals surface area contributed by atoms with E-state index in [0.29, 0.717) is 35.7 Å². The zero-order valence-corrected chi connectivity index (χ0v) is 15.0. The Balaban J connectivity index is 2.10. The number of rotatable bonds is 5. The predicted molar refractivity (Wildman–Crippen MR) is 92.5 cm³/mol. The molecule has 3 rings (SSSR count). The summed E-state index contributed by atoms with van der Waals surface area (Å²) in [5.41, 5.74) is 2.06. The molecule has 2 heterocycles. The Morgan fingerprint density at radius 1 is 1.24 bits per heavy atom. The summed E-state index contributed by atoms with van der Waals surface area (Å²) >= 11 is 0. The number of nitrogens with zero attached hydrogens (tertiary/aromatic N) is 2. The summed E-state index contributed by atoms with van der Waals surface area (Å²) in [5.74, 6) is 1.20. The highest BCUT2D eigenvalue weighted by Crippen LogP contribution is 2.40. The quantitative estimate of drug-likeness (QED) is 0.885. The highest BCUT2D eigenvalue weighted by Gasteiger charge is 2.43. The Hall–Kier alpha value is -2.70. The van der Waals surface area contributed by atoms with E-state index in [2.05, 4.69) is 5.32 Å². The molecule has 2 aliphatic rings. The van der Waals surface area contributed by atoms with Crippen LogP contribution in [0.2, 0.25) is 0 Å². The molecular weight excluding hydrogens is 322 g/mol. The standard InChI is InChI=1S/C18H23N3O4/c1-5-8-21-10-13-15(17(21)22)16(19-18(23)20(13)2)12-9-11(24-3)6-7-14(12)25-4/h6-7,9,16H,5,8,10H2,1-4H3,(H,19,23). The van der Waals surface area contributed by atoms with Gasteiger partial charge in [-0.2, -0.15) is 0 Å². The van der Waals surface area contributed by atoms with Gasteiger partial charge >= 0.3 is 6.03 Å². The molecule has 25 heavy (non-hydrogen) atoms. The maximum atomic E-state index is 12.9. The lowest BCUT2D eigenvalue weighted by Gasteiger charge is -2.31. The van der Waals surface area contributed by atoms with Crippen molar-refractivity contribution in [2.75, 3.05) is 34.4 Å². The van der Waals surface area contributed by atoms with Gasteiger partial charge in [-0.05, 0) is 24.6 Å². The van der Waals surface area contributed by atoms with E-state index in [0.717, 1.165) is 12.1 Å². The minimum Gasteiger partial charge on any atom is -0.497 e. The van der Waals surface area contributed by atoms with Gasteiger partial charge in [0, 0.05) is 19.2 Å². The second-order valence-corrected chi connectivity index (χ2v) is 6.14. The molecule has 0 bridgehead atoms. The van der Waals surface area contributed by atoms with Crippen LogP contribution in [-0.4, -0.2) is 56.1 Å². The molecule has 1 aromatic carbocycles. The third-order valence-corrected chi connectivity index (χ3v) is 4.68. The first kappa shape index (κ1) is 17.1. The van der Waals surface area contributed by atoms with Gasteiger partial charge in [-0.25, -0.2) is 4.79 Å². The molecule has 1 unspecified atom stereocenters. The third-order valence-electron chi connectivity index (χ3n) is 4.68. The number of hydrogen-bond acceptors (Lipinski definition) is 4. The Bertz CT molecular complexity index is 744. The molecule has 0 spiro atoms. The Morgan fingerprint density at radius 3 is 2.64 bits per heavy atom. The summed E-state index contributed by atoms with van der Waals surface area (Å²) < 4.78 is 10.8. The molecule has 0 saturated heterocycles. The number of nitrogens with one attached hydrogen (secondary N) is 1. The largest absolute Gasteiger partial charge is 0.497 e. The predicted octanol–water partition coefficient (Wildman–Crippen LogP) is 1.91. The fourth-order valence-electron chi connectivity index (χ4n) is 3.37. The molecule has 7 heteroatoms. The van der Waals surface area contributed by atoms with E-state index in [1.807, 2.05) is 6.92 Å². The van der Waals surface area contributed by atoms with Crippen molar-refractivity contribution in [1.82, 2.24) is 15.1 Å². The summed E-state index contributed by atoms with van der Waals surface area (Å²) in [7, 11) is 4.83. The molecule has 0 aliphatic carbocycles. The van der Waals surface area contributed by atoms with Crippen LogP contribution in [0, 0.1) is 0 Å². The van der Waals surface area contributed by atoms with Gasteiger partial charge in [0.15, 0.2) is 0 Å². The summed E-state index contributed by atoms with van der Waals surface area (Å²) in [6.07, 6.45) is 0.866. The molecule has 1 atom stereocenters. The van der Waals surface area contributed by atoms with Gasteiger partial charge in [-0.3, -0.25) is 9.69 Å². The lowest BCUT2D eigenvalue weighted by atomic mass is 9.94. The van der Waals surface area contributed by atoms with Crippen LogP contribution in [0.5, 0.6) is 11.5 Å². The van der Waals surface area contributed by atoms with Crippen molar-refractivity contribution in [2.45, 2.75) is 19.4 Å². The number of hydrogen-bond donors (Lipinski definition) is 1. The monoisotopic (exact) mass is 345 g/mol. The summed E-state index contributed by atoms with van der Waals surface area (Å²) in [5, 5.41) is 2.92. The van der Waals surface area contributed by atoms with Crippen LogP contribution >= 0.6 is 0 Å².